The van der Waals surface area contributed by atoms with Crippen LogP contribution in [0.3, 0.4) is 0 Å². The number of urea groups is 1. The lowest BCUT2D eigenvalue weighted by Gasteiger charge is -2.26. The Hall–Kier alpha value is -3.98. The Balaban J connectivity index is 1.66. The van der Waals surface area contributed by atoms with Crippen molar-refractivity contribution in [2.24, 2.45) is 0 Å². The van der Waals surface area contributed by atoms with Crippen LogP contribution in [0.1, 0.15) is 18.1 Å². The molecule has 0 aromatic heterocycles. The predicted octanol–water partition coefficient (Wildman–Crippen LogP) is 2.26. The van der Waals surface area contributed by atoms with Gasteiger partial charge in [-0.05, 0) is 29.3 Å². The van der Waals surface area contributed by atoms with Crippen LogP contribution in [-0.2, 0) is 30.5 Å². The topological polar surface area (TPSA) is 111 Å². The van der Waals surface area contributed by atoms with Gasteiger partial charge in [-0.25, -0.2) is 9.69 Å². The zero-order valence-corrected chi connectivity index (χ0v) is 17.4. The van der Waals surface area contributed by atoms with Crippen LogP contribution >= 0.6 is 0 Å². The molecule has 166 valence electrons. The van der Waals surface area contributed by atoms with Crippen molar-refractivity contribution >= 4 is 29.9 Å². The highest BCUT2D eigenvalue weighted by atomic mass is 16.6. The van der Waals surface area contributed by atoms with Crippen LogP contribution < -0.4 is 10.1 Å². The van der Waals surface area contributed by atoms with Crippen LogP contribution in [0, 0.1) is 0 Å². The van der Waals surface area contributed by atoms with E-state index in [0.717, 1.165) is 10.5 Å². The van der Waals surface area contributed by atoms with Gasteiger partial charge in [0.15, 0.2) is 0 Å². The number of nitrogens with one attached hydrogen (secondary N) is 1. The van der Waals surface area contributed by atoms with Gasteiger partial charge in [-0.3, -0.25) is 19.7 Å². The third-order valence-electron chi connectivity index (χ3n) is 4.36. The lowest BCUT2D eigenvalue weighted by molar-refractivity contribution is -0.144. The molecule has 32 heavy (non-hydrogen) atoms. The van der Waals surface area contributed by atoms with Crippen molar-refractivity contribution in [1.29, 1.82) is 0 Å². The highest BCUT2D eigenvalue weighted by Gasteiger charge is 2.35. The number of hydrogen-bond donors (Lipinski definition) is 1. The first kappa shape index (κ1) is 22.7. The molecule has 0 spiro atoms. The summed E-state index contributed by atoms with van der Waals surface area (Å²) < 4.78 is 15.7. The van der Waals surface area contributed by atoms with Crippen molar-refractivity contribution in [1.82, 2.24) is 10.2 Å². The molecule has 1 aliphatic rings. The van der Waals surface area contributed by atoms with Gasteiger partial charge in [0, 0.05) is 6.92 Å². The number of carbonyl (C=O) groups excluding carboxylic acids is 4. The van der Waals surface area contributed by atoms with Crippen LogP contribution in [0.2, 0.25) is 0 Å². The summed E-state index contributed by atoms with van der Waals surface area (Å²) in [5.74, 6) is -1.49. The Morgan fingerprint density at radius 2 is 1.81 bits per heavy atom. The summed E-state index contributed by atoms with van der Waals surface area (Å²) in [6.45, 7) is 1.21. The standard InChI is InChI=1S/C23H22N2O7/c1-16(26)31-11-10-30-15-25-22(28)20(21(27)24-23(25)29)13-18-8-5-9-19(12-18)32-14-17-6-3-2-4-7-17/h2-9,12-13H,10-11,14-15H2,1H3,(H,24,27,29). The number of nitrogens with zero attached hydrogens (tertiary/aromatic N) is 1. The number of carbonyl (C=O) groups is 4. The van der Waals surface area contributed by atoms with Crippen LogP contribution in [0.25, 0.3) is 6.08 Å². The van der Waals surface area contributed by atoms with Gasteiger partial charge in [0.25, 0.3) is 11.8 Å². The Morgan fingerprint density at radius 1 is 1.03 bits per heavy atom. The molecule has 1 fully saturated rings. The Bertz CT molecular complexity index is 1030. The zero-order chi connectivity index (χ0) is 22.9. The van der Waals surface area contributed by atoms with E-state index in [1.807, 2.05) is 30.3 Å². The maximum absolute atomic E-state index is 12.7. The summed E-state index contributed by atoms with van der Waals surface area (Å²) in [4.78, 5) is 48.5. The second-order valence-electron chi connectivity index (χ2n) is 6.77. The molecule has 0 bridgehead atoms. The van der Waals surface area contributed by atoms with E-state index in [1.54, 1.807) is 24.3 Å². The van der Waals surface area contributed by atoms with Gasteiger partial charge in [-0.15, -0.1) is 0 Å². The van der Waals surface area contributed by atoms with Crippen molar-refractivity contribution in [2.45, 2.75) is 13.5 Å². The maximum Gasteiger partial charge on any atom is 0.333 e. The Kier molecular flexibility index (Phi) is 7.71. The van der Waals surface area contributed by atoms with E-state index >= 15 is 0 Å². The molecule has 4 amide bonds. The molecule has 0 radical (unpaired) electrons. The van der Waals surface area contributed by atoms with E-state index in [2.05, 4.69) is 5.32 Å². The van der Waals surface area contributed by atoms with Crippen LogP contribution in [0.4, 0.5) is 4.79 Å². The van der Waals surface area contributed by atoms with E-state index in [1.165, 1.54) is 13.0 Å². The second-order valence-corrected chi connectivity index (χ2v) is 6.77. The average Bonchev–Trinajstić information content (AvgIpc) is 2.78. The molecule has 0 unspecified atom stereocenters. The van der Waals surface area contributed by atoms with Crippen molar-refractivity contribution in [3.63, 3.8) is 0 Å². The van der Waals surface area contributed by atoms with Gasteiger partial charge < -0.3 is 14.2 Å². The smallest absolute Gasteiger partial charge is 0.333 e. The van der Waals surface area contributed by atoms with E-state index in [0.29, 0.717) is 17.9 Å². The number of rotatable bonds is 9. The van der Waals surface area contributed by atoms with Crippen molar-refractivity contribution in [3.05, 3.63) is 71.3 Å². The molecule has 3 rings (SSSR count). The summed E-state index contributed by atoms with van der Waals surface area (Å²) in [6, 6.07) is 15.6. The molecule has 0 atom stereocenters. The number of imide groups is 2. The first-order valence-corrected chi connectivity index (χ1v) is 9.81. The third kappa shape index (κ3) is 6.26. The molecule has 2 aromatic rings. The molecule has 1 saturated heterocycles. The third-order valence-corrected chi connectivity index (χ3v) is 4.36. The molecule has 1 N–H and O–H groups in total. The largest absolute Gasteiger partial charge is 0.489 e. The average molecular weight is 438 g/mol. The number of hydrogen-bond acceptors (Lipinski definition) is 7. The highest BCUT2D eigenvalue weighted by molar-refractivity contribution is 6.30. The fraction of sp³-hybridized carbons (Fsp3) is 0.217. The zero-order valence-electron chi connectivity index (χ0n) is 17.4. The minimum absolute atomic E-state index is 0.00949. The number of esters is 1. The van der Waals surface area contributed by atoms with Gasteiger partial charge >= 0.3 is 12.0 Å². The molecule has 0 aliphatic carbocycles. The van der Waals surface area contributed by atoms with Crippen LogP contribution in [-0.4, -0.2) is 48.7 Å². The van der Waals surface area contributed by atoms with Gasteiger partial charge in [-0.1, -0.05) is 42.5 Å². The molecular weight excluding hydrogens is 416 g/mol. The van der Waals surface area contributed by atoms with E-state index < -0.39 is 30.5 Å². The molecule has 9 heteroatoms. The summed E-state index contributed by atoms with van der Waals surface area (Å²) in [5, 5.41) is 2.11. The molecule has 0 saturated carbocycles. The SMILES string of the molecule is CC(=O)OCCOCN1C(=O)NC(=O)C(=Cc2cccc(OCc3ccccc3)c2)C1=O. The molecule has 1 aliphatic heterocycles. The summed E-state index contributed by atoms with van der Waals surface area (Å²) in [7, 11) is 0. The van der Waals surface area contributed by atoms with E-state index in [9.17, 15) is 19.2 Å². The first-order chi connectivity index (χ1) is 15.4. The summed E-state index contributed by atoms with van der Waals surface area (Å²) >= 11 is 0. The Morgan fingerprint density at radius 3 is 2.56 bits per heavy atom. The second kappa shape index (κ2) is 10.9. The lowest BCUT2D eigenvalue weighted by atomic mass is 10.1. The first-order valence-electron chi connectivity index (χ1n) is 9.81. The highest BCUT2D eigenvalue weighted by Crippen LogP contribution is 2.19. The number of benzene rings is 2. The van der Waals surface area contributed by atoms with Gasteiger partial charge in [0.1, 0.15) is 31.3 Å². The van der Waals surface area contributed by atoms with Crippen molar-refractivity contribution in [3.8, 4) is 5.75 Å². The molecule has 1 heterocycles. The molecular formula is C23H22N2O7. The predicted molar refractivity (Wildman–Crippen MR) is 113 cm³/mol. The van der Waals surface area contributed by atoms with Gasteiger partial charge in [0.05, 0.1) is 6.61 Å². The van der Waals surface area contributed by atoms with Crippen molar-refractivity contribution < 1.29 is 33.4 Å². The normalized spacial score (nSPS) is 15.0. The fourth-order valence-corrected chi connectivity index (χ4v) is 2.81. The lowest BCUT2D eigenvalue weighted by Crippen LogP contribution is -2.54. The quantitative estimate of drug-likeness (QED) is 0.277. The molecule has 2 aromatic carbocycles. The van der Waals surface area contributed by atoms with Crippen LogP contribution in [0.5, 0.6) is 5.75 Å². The fourth-order valence-electron chi connectivity index (χ4n) is 2.81. The van der Waals surface area contributed by atoms with Crippen LogP contribution in [0.15, 0.2) is 60.2 Å². The molecule has 9 nitrogen and oxygen atoms in total. The monoisotopic (exact) mass is 438 g/mol. The minimum atomic E-state index is -0.885. The Labute approximate surface area is 184 Å². The van der Waals surface area contributed by atoms with Crippen molar-refractivity contribution in [2.75, 3.05) is 19.9 Å². The van der Waals surface area contributed by atoms with Gasteiger partial charge in [-0.2, -0.15) is 0 Å². The minimum Gasteiger partial charge on any atom is -0.489 e. The van der Waals surface area contributed by atoms with Gasteiger partial charge in [0.2, 0.25) is 0 Å². The number of amides is 4. The maximum atomic E-state index is 12.7. The summed E-state index contributed by atoms with van der Waals surface area (Å²) in [6.07, 6.45) is 1.38. The number of barbiturate groups is 1. The van der Waals surface area contributed by atoms with E-state index in [-0.39, 0.29) is 18.8 Å². The van der Waals surface area contributed by atoms with E-state index in [4.69, 9.17) is 14.2 Å². The number of ether oxygens (including phenoxy) is 3. The summed E-state index contributed by atoms with van der Waals surface area (Å²) in [5.41, 5.74) is 1.34.